The van der Waals surface area contributed by atoms with E-state index in [1.165, 1.54) is 41.6 Å². The number of rotatable bonds is 5. The Morgan fingerprint density at radius 2 is 1.41 bits per heavy atom. The third-order valence-electron chi connectivity index (χ3n) is 7.83. The van der Waals surface area contributed by atoms with Crippen LogP contribution in [0.3, 0.4) is 0 Å². The molecule has 1 N–H and O–H groups in total. The number of fused-ring (bicyclic) bond motifs is 4. The number of pyridine rings is 1. The molecule has 2 aromatic heterocycles. The number of allylic oxidation sites excluding steroid dienone is 2. The van der Waals surface area contributed by atoms with Crippen molar-refractivity contribution in [3.63, 3.8) is 0 Å². The molecule has 0 unspecified atom stereocenters. The van der Waals surface area contributed by atoms with Crippen LogP contribution in [-0.4, -0.2) is 15.9 Å². The zero-order valence-electron chi connectivity index (χ0n) is 26.2. The summed E-state index contributed by atoms with van der Waals surface area (Å²) < 4.78 is 6.42. The summed E-state index contributed by atoms with van der Waals surface area (Å²) in [6.45, 7) is 7.35. The normalized spacial score (nSPS) is 11.4. The van der Waals surface area contributed by atoms with Crippen LogP contribution in [0, 0.1) is 6.07 Å². The summed E-state index contributed by atoms with van der Waals surface area (Å²) in [7, 11) is 0. The Kier molecular flexibility index (Phi) is 9.96. The number of carbonyl (C=O) groups excluding carboxylic acids is 1. The molecule has 0 saturated carbocycles. The van der Waals surface area contributed by atoms with Gasteiger partial charge in [0.1, 0.15) is 5.76 Å². The molecule has 0 atom stereocenters. The molecule has 4 nitrogen and oxygen atoms in total. The Labute approximate surface area is 282 Å². The van der Waals surface area contributed by atoms with Crippen molar-refractivity contribution in [3.05, 3.63) is 139 Å². The first-order valence-electron chi connectivity index (χ1n) is 15.1. The largest absolute Gasteiger partial charge is 0.512 e. The van der Waals surface area contributed by atoms with E-state index >= 15 is 0 Å². The number of hydrogen-bond acceptors (Lipinski definition) is 4. The van der Waals surface area contributed by atoms with Crippen molar-refractivity contribution in [2.75, 3.05) is 0 Å². The second-order valence-corrected chi connectivity index (χ2v) is 11.5. The minimum absolute atomic E-state index is 0. The summed E-state index contributed by atoms with van der Waals surface area (Å²) in [6.07, 6.45) is 3.08. The van der Waals surface area contributed by atoms with Crippen molar-refractivity contribution >= 4 is 38.3 Å². The van der Waals surface area contributed by atoms with Crippen LogP contribution in [0.4, 0.5) is 0 Å². The van der Waals surface area contributed by atoms with Gasteiger partial charge in [0.15, 0.2) is 5.78 Å². The minimum atomic E-state index is -0.125. The van der Waals surface area contributed by atoms with Crippen molar-refractivity contribution in [3.8, 4) is 33.7 Å². The number of benzene rings is 5. The van der Waals surface area contributed by atoms with Crippen molar-refractivity contribution in [2.24, 2.45) is 0 Å². The van der Waals surface area contributed by atoms with Gasteiger partial charge < -0.3 is 14.5 Å². The van der Waals surface area contributed by atoms with Crippen LogP contribution < -0.4 is 0 Å². The Hall–Kier alpha value is -4.83. The summed E-state index contributed by atoms with van der Waals surface area (Å²) in [5, 5.41) is 14.3. The Morgan fingerprint density at radius 1 is 0.761 bits per heavy atom. The first-order valence-corrected chi connectivity index (χ1v) is 15.1. The average molecular weight is 781 g/mol. The van der Waals surface area contributed by atoms with E-state index in [-0.39, 0.29) is 31.6 Å². The van der Waals surface area contributed by atoms with Gasteiger partial charge in [-0.1, -0.05) is 122 Å². The molecule has 0 saturated heterocycles. The first-order chi connectivity index (χ1) is 21.8. The van der Waals surface area contributed by atoms with E-state index < -0.39 is 0 Å². The maximum Gasteiger partial charge on any atom is 0.155 e. The van der Waals surface area contributed by atoms with E-state index in [0.717, 1.165) is 50.1 Å². The number of hydrogen-bond donors (Lipinski definition) is 1. The molecule has 0 bridgehead atoms. The molecular weight excluding hydrogens is 747 g/mol. The summed E-state index contributed by atoms with van der Waals surface area (Å²) >= 11 is 0. The molecule has 2 heterocycles. The van der Waals surface area contributed by atoms with Crippen molar-refractivity contribution in [1.29, 1.82) is 0 Å². The molecule has 1 radical (unpaired) electrons. The number of aromatic nitrogens is 1. The van der Waals surface area contributed by atoms with Gasteiger partial charge in [-0.15, -0.1) is 11.6 Å². The molecule has 7 aromatic rings. The van der Waals surface area contributed by atoms with E-state index in [0.29, 0.717) is 5.92 Å². The van der Waals surface area contributed by atoms with Gasteiger partial charge in [0.25, 0.3) is 0 Å². The first kappa shape index (κ1) is 32.6. The fourth-order valence-electron chi connectivity index (χ4n) is 5.85. The molecule has 7 rings (SSSR count). The second-order valence-electron chi connectivity index (χ2n) is 11.5. The smallest absolute Gasteiger partial charge is 0.155 e. The molecule has 5 heteroatoms. The van der Waals surface area contributed by atoms with Gasteiger partial charge >= 0.3 is 0 Å². The predicted octanol–water partition coefficient (Wildman–Crippen LogP) is 11.1. The zero-order chi connectivity index (χ0) is 31.5. The number of aliphatic hydroxyl groups excluding tert-OH is 1. The Bertz CT molecular complexity index is 2180. The van der Waals surface area contributed by atoms with Gasteiger partial charge in [0.2, 0.25) is 0 Å². The average Bonchev–Trinajstić information content (AvgIpc) is 3.48. The predicted molar refractivity (Wildman–Crippen MR) is 185 cm³/mol. The number of nitrogens with zero attached hydrogens (tertiary/aromatic N) is 1. The summed E-state index contributed by atoms with van der Waals surface area (Å²) in [6, 6.07) is 41.8. The molecule has 0 amide bonds. The summed E-state index contributed by atoms with van der Waals surface area (Å²) in [4.78, 5) is 14.9. The number of furan rings is 1. The number of carbonyl (C=O) groups is 1. The maximum atomic E-state index is 10.0. The van der Waals surface area contributed by atoms with Gasteiger partial charge in [-0.05, 0) is 70.3 Å². The van der Waals surface area contributed by atoms with E-state index in [2.05, 4.69) is 105 Å². The van der Waals surface area contributed by atoms with Crippen LogP contribution >= 0.6 is 0 Å². The van der Waals surface area contributed by atoms with Gasteiger partial charge in [-0.25, -0.2) is 0 Å². The zero-order valence-corrected chi connectivity index (χ0v) is 28.6. The standard InChI is InChI=1S/C36H26NO.C5H8O2.Ir/c1-23(2)27-14-9-15-28-29(27)16-17-31-30(28)18-19-37-36(31)26-20-32(24-10-5-3-6-11-24)33-22-34(38-35(33)21-26)25-12-7-4-8-13-25;1-4(6)3-5(2)7;/h3-20,22-23H,1-2H3;3,6H,1-2H3;/q-1;;/b;4-3-;. The number of aliphatic hydroxyl groups is 1. The molecule has 0 fully saturated rings. The van der Waals surface area contributed by atoms with Gasteiger partial charge in [-0.3, -0.25) is 4.79 Å². The van der Waals surface area contributed by atoms with Crippen LogP contribution in [0.2, 0.25) is 0 Å². The molecule has 0 aliphatic heterocycles. The topological polar surface area (TPSA) is 63.3 Å². The monoisotopic (exact) mass is 781 g/mol. The molecular formula is C41H34IrNO3-. The third kappa shape index (κ3) is 6.72. The fraction of sp³-hybridized carbons (Fsp3) is 0.122. The van der Waals surface area contributed by atoms with Crippen molar-refractivity contribution in [1.82, 2.24) is 4.98 Å². The van der Waals surface area contributed by atoms with Gasteiger partial charge in [-0.2, -0.15) is 0 Å². The van der Waals surface area contributed by atoms with Crippen LogP contribution in [0.1, 0.15) is 39.2 Å². The SMILES string of the molecule is CC(=O)/C=C(/C)O.CC(C)c1cccc2c1ccc1c(-c3[c-]c4oc(-c5ccccc5)cc4c(-c4ccccc4)c3)nccc12.[Ir]. The van der Waals surface area contributed by atoms with Crippen LogP contribution in [0.15, 0.2) is 132 Å². The van der Waals surface area contributed by atoms with Crippen LogP contribution in [0.25, 0.3) is 66.2 Å². The molecule has 5 aromatic carbocycles. The summed E-state index contributed by atoms with van der Waals surface area (Å²) in [5.41, 5.74) is 7.25. The quantitative estimate of drug-likeness (QED) is 0.0818. The van der Waals surface area contributed by atoms with Crippen molar-refractivity contribution in [2.45, 2.75) is 33.6 Å². The Balaban J connectivity index is 0.000000471. The minimum Gasteiger partial charge on any atom is -0.512 e. The van der Waals surface area contributed by atoms with Crippen LogP contribution in [0.5, 0.6) is 0 Å². The number of ketones is 1. The molecule has 0 spiro atoms. The van der Waals surface area contributed by atoms with E-state index in [4.69, 9.17) is 14.5 Å². The third-order valence-corrected chi connectivity index (χ3v) is 7.83. The Morgan fingerprint density at radius 3 is 2.04 bits per heavy atom. The van der Waals surface area contributed by atoms with E-state index in [1.54, 1.807) is 0 Å². The molecule has 0 aliphatic carbocycles. The molecule has 46 heavy (non-hydrogen) atoms. The second kappa shape index (κ2) is 14.1. The summed E-state index contributed by atoms with van der Waals surface area (Å²) in [5.74, 6) is 1.23. The van der Waals surface area contributed by atoms with Gasteiger partial charge in [0.05, 0.1) is 11.3 Å². The van der Waals surface area contributed by atoms with E-state index in [1.807, 2.05) is 30.5 Å². The van der Waals surface area contributed by atoms with Crippen molar-refractivity contribution < 1.29 is 34.4 Å². The fourth-order valence-corrected chi connectivity index (χ4v) is 5.85. The van der Waals surface area contributed by atoms with E-state index in [9.17, 15) is 4.79 Å². The maximum absolute atomic E-state index is 10.0. The van der Waals surface area contributed by atoms with Gasteiger partial charge in [0, 0.05) is 37.9 Å². The molecule has 231 valence electrons. The molecule has 0 aliphatic rings. The van der Waals surface area contributed by atoms with Crippen LogP contribution in [-0.2, 0) is 24.9 Å².